The van der Waals surface area contributed by atoms with E-state index in [1.54, 1.807) is 0 Å². The van der Waals surface area contributed by atoms with Crippen molar-refractivity contribution in [1.29, 1.82) is 0 Å². The molecule has 0 radical (unpaired) electrons. The highest BCUT2D eigenvalue weighted by Gasteiger charge is 2.25. The van der Waals surface area contributed by atoms with Crippen LogP contribution in [-0.4, -0.2) is 46.2 Å². The van der Waals surface area contributed by atoms with Crippen molar-refractivity contribution in [3.63, 3.8) is 0 Å². The van der Waals surface area contributed by atoms with Crippen LogP contribution in [0.2, 0.25) is 0 Å². The van der Waals surface area contributed by atoms with E-state index in [1.807, 2.05) is 13.8 Å². The summed E-state index contributed by atoms with van der Waals surface area (Å²) in [6, 6.07) is 0. The molecule has 16 heavy (non-hydrogen) atoms. The number of likely N-dealkylation sites (tertiary alicyclic amines) is 1. The molecule has 1 fully saturated rings. The topological polar surface area (TPSA) is 56.1 Å². The third-order valence-electron chi connectivity index (χ3n) is 3.30. The van der Waals surface area contributed by atoms with E-state index < -0.39 is 5.60 Å². The van der Waals surface area contributed by atoms with E-state index in [1.165, 1.54) is 0 Å². The fraction of sp³-hybridized carbons (Fsp3) is 0.917. The zero-order valence-corrected chi connectivity index (χ0v) is 10.6. The molecule has 0 saturated carbocycles. The highest BCUT2D eigenvalue weighted by atomic mass is 16.4. The van der Waals surface area contributed by atoms with Crippen molar-refractivity contribution in [3.8, 4) is 0 Å². The minimum absolute atomic E-state index is 0.376. The Labute approximate surface area is 97.9 Å². The van der Waals surface area contributed by atoms with Crippen molar-refractivity contribution in [2.45, 2.75) is 45.6 Å². The molecule has 1 heterocycles. The van der Waals surface area contributed by atoms with Gasteiger partial charge in [0.15, 0.2) is 0 Å². The predicted molar refractivity (Wildman–Crippen MR) is 65.0 cm³/mol. The summed E-state index contributed by atoms with van der Waals surface area (Å²) < 4.78 is 0. The van der Waals surface area contributed by atoms with E-state index in [0.717, 1.165) is 44.6 Å². The Morgan fingerprint density at radius 1 is 1.50 bits per heavy atom. The first kappa shape index (κ1) is 13.5. The van der Waals surface area contributed by atoms with Crippen molar-refractivity contribution in [1.82, 2.24) is 4.90 Å². The van der Waals surface area contributed by atoms with Crippen LogP contribution in [0.4, 0.5) is 0 Å². The Hall–Kier alpha value is -0.610. The van der Waals surface area contributed by atoms with Crippen LogP contribution in [0.1, 0.15) is 40.0 Å². The molecular weight excluding hydrogens is 204 g/mol. The van der Waals surface area contributed by atoms with Gasteiger partial charge in [0.05, 0.1) is 11.3 Å². The smallest absolute Gasteiger partial charge is 0.0627 e. The van der Waals surface area contributed by atoms with E-state index in [-0.39, 0.29) is 0 Å². The third-order valence-corrected chi connectivity index (χ3v) is 3.30. The lowest BCUT2D eigenvalue weighted by atomic mass is 9.92. The summed E-state index contributed by atoms with van der Waals surface area (Å²) in [4.78, 5) is 2.35. The summed E-state index contributed by atoms with van der Waals surface area (Å²) in [7, 11) is 0. The predicted octanol–water partition coefficient (Wildman–Crippen LogP) is 1.71. The van der Waals surface area contributed by atoms with Gasteiger partial charge in [-0.2, -0.15) is 0 Å². The number of hydrogen-bond acceptors (Lipinski definition) is 4. The van der Waals surface area contributed by atoms with Crippen LogP contribution in [0.5, 0.6) is 0 Å². The molecule has 0 aromatic carbocycles. The Morgan fingerprint density at radius 2 is 2.19 bits per heavy atom. The highest BCUT2D eigenvalue weighted by molar-refractivity contribution is 5.87. The molecule has 0 amide bonds. The second kappa shape index (κ2) is 5.64. The maximum absolute atomic E-state index is 9.68. The Bertz CT molecular complexity index is 246. The molecule has 94 valence electrons. The third kappa shape index (κ3) is 4.10. The van der Waals surface area contributed by atoms with E-state index in [4.69, 9.17) is 5.21 Å². The van der Waals surface area contributed by atoms with Crippen LogP contribution in [0, 0.1) is 5.92 Å². The molecule has 0 aliphatic carbocycles. The zero-order valence-electron chi connectivity index (χ0n) is 10.6. The van der Waals surface area contributed by atoms with Gasteiger partial charge in [0.2, 0.25) is 0 Å². The van der Waals surface area contributed by atoms with E-state index >= 15 is 0 Å². The van der Waals surface area contributed by atoms with Gasteiger partial charge >= 0.3 is 0 Å². The maximum atomic E-state index is 9.68. The second-order valence-corrected chi connectivity index (χ2v) is 5.31. The first-order valence-electron chi connectivity index (χ1n) is 6.12. The lowest BCUT2D eigenvalue weighted by Crippen LogP contribution is -2.42. The molecule has 0 aromatic rings. The Kier molecular flexibility index (Phi) is 4.74. The molecule has 1 unspecified atom stereocenters. The fourth-order valence-electron chi connectivity index (χ4n) is 2.12. The van der Waals surface area contributed by atoms with Crippen LogP contribution in [0.25, 0.3) is 0 Å². The molecule has 2 N–H and O–H groups in total. The van der Waals surface area contributed by atoms with E-state index in [9.17, 15) is 5.11 Å². The normalized spacial score (nSPS) is 26.2. The van der Waals surface area contributed by atoms with Crippen molar-refractivity contribution in [2.75, 3.05) is 19.6 Å². The number of hydrogen-bond donors (Lipinski definition) is 2. The van der Waals surface area contributed by atoms with E-state index in [2.05, 4.69) is 17.0 Å². The average Bonchev–Trinajstić information content (AvgIpc) is 2.25. The molecule has 0 aromatic heterocycles. The highest BCUT2D eigenvalue weighted by Crippen LogP contribution is 2.19. The van der Waals surface area contributed by atoms with Gasteiger partial charge in [-0.3, -0.25) is 0 Å². The van der Waals surface area contributed by atoms with Gasteiger partial charge in [-0.15, -0.1) is 0 Å². The molecule has 0 spiro atoms. The molecule has 1 rings (SSSR count). The van der Waals surface area contributed by atoms with Gasteiger partial charge < -0.3 is 15.2 Å². The number of rotatable bonds is 4. The van der Waals surface area contributed by atoms with Crippen LogP contribution in [0.3, 0.4) is 0 Å². The summed E-state index contributed by atoms with van der Waals surface area (Å²) in [6.45, 7) is 8.61. The summed E-state index contributed by atoms with van der Waals surface area (Å²) >= 11 is 0. The molecule has 1 atom stereocenters. The lowest BCUT2D eigenvalue weighted by Gasteiger charge is -2.34. The number of aliphatic hydroxyl groups is 1. The molecule has 1 aliphatic heterocycles. The Morgan fingerprint density at radius 3 is 2.69 bits per heavy atom. The van der Waals surface area contributed by atoms with Crippen molar-refractivity contribution < 1.29 is 10.3 Å². The van der Waals surface area contributed by atoms with Crippen molar-refractivity contribution in [3.05, 3.63) is 0 Å². The van der Waals surface area contributed by atoms with Gasteiger partial charge in [-0.25, -0.2) is 0 Å². The molecule has 4 heteroatoms. The number of oxime groups is 1. The van der Waals surface area contributed by atoms with E-state index in [0.29, 0.717) is 5.92 Å². The van der Waals surface area contributed by atoms with Gasteiger partial charge in [0, 0.05) is 32.0 Å². The van der Waals surface area contributed by atoms with Crippen molar-refractivity contribution >= 4 is 5.71 Å². The minimum atomic E-state index is -0.590. The van der Waals surface area contributed by atoms with Crippen LogP contribution >= 0.6 is 0 Å². The summed E-state index contributed by atoms with van der Waals surface area (Å²) in [5, 5.41) is 21.9. The quantitative estimate of drug-likeness (QED) is 0.569. The Balaban J connectivity index is 2.42. The van der Waals surface area contributed by atoms with Crippen LogP contribution in [0.15, 0.2) is 5.16 Å². The second-order valence-electron chi connectivity index (χ2n) is 5.31. The molecule has 1 aliphatic rings. The first-order chi connectivity index (χ1) is 7.46. The SMILES string of the molecule is CCC1CN(CCC(C)(C)O)CCC1=NO. The van der Waals surface area contributed by atoms with Crippen LogP contribution < -0.4 is 0 Å². The molecular formula is C12H24N2O2. The lowest BCUT2D eigenvalue weighted by molar-refractivity contribution is 0.0554. The summed E-state index contributed by atoms with van der Waals surface area (Å²) in [6.07, 6.45) is 2.65. The molecule has 4 nitrogen and oxygen atoms in total. The summed E-state index contributed by atoms with van der Waals surface area (Å²) in [5.41, 5.74) is 0.342. The standard InChI is InChI=1S/C12H24N2O2/c1-4-10-9-14(7-5-11(10)13-16)8-6-12(2,3)15/h10,15-16H,4-9H2,1-3H3. The monoisotopic (exact) mass is 228 g/mol. The fourth-order valence-corrected chi connectivity index (χ4v) is 2.12. The number of nitrogens with zero attached hydrogens (tertiary/aromatic N) is 2. The largest absolute Gasteiger partial charge is 0.411 e. The van der Waals surface area contributed by atoms with Gasteiger partial charge in [-0.1, -0.05) is 12.1 Å². The number of piperidine rings is 1. The summed E-state index contributed by atoms with van der Waals surface area (Å²) in [5.74, 6) is 0.376. The minimum Gasteiger partial charge on any atom is -0.411 e. The maximum Gasteiger partial charge on any atom is 0.0627 e. The van der Waals surface area contributed by atoms with Gasteiger partial charge in [0.1, 0.15) is 0 Å². The first-order valence-corrected chi connectivity index (χ1v) is 6.12. The van der Waals surface area contributed by atoms with Gasteiger partial charge in [-0.05, 0) is 26.7 Å². The van der Waals surface area contributed by atoms with Gasteiger partial charge in [0.25, 0.3) is 0 Å². The van der Waals surface area contributed by atoms with Crippen LogP contribution in [-0.2, 0) is 0 Å². The zero-order chi connectivity index (χ0) is 12.2. The van der Waals surface area contributed by atoms with Crippen molar-refractivity contribution in [2.24, 2.45) is 11.1 Å². The molecule has 1 saturated heterocycles. The molecule has 0 bridgehead atoms. The average molecular weight is 228 g/mol.